The van der Waals surface area contributed by atoms with E-state index in [-0.39, 0.29) is 18.3 Å². The van der Waals surface area contributed by atoms with Gasteiger partial charge in [-0.05, 0) is 31.1 Å². The largest absolute Gasteiger partial charge is 0.480 e. The zero-order chi connectivity index (χ0) is 18.0. The van der Waals surface area contributed by atoms with Gasteiger partial charge in [0, 0.05) is 12.6 Å². The number of hydrogen-bond donors (Lipinski definition) is 1. The maximum absolute atomic E-state index is 12.2. The van der Waals surface area contributed by atoms with E-state index in [0.717, 1.165) is 22.5 Å². The number of nitrogens with one attached hydrogen (secondary N) is 1. The van der Waals surface area contributed by atoms with Crippen LogP contribution < -0.4 is 10.1 Å². The highest BCUT2D eigenvalue weighted by Gasteiger charge is 2.17. The van der Waals surface area contributed by atoms with Crippen LogP contribution in [0.25, 0.3) is 11.3 Å². The molecule has 0 bridgehead atoms. The van der Waals surface area contributed by atoms with Crippen molar-refractivity contribution in [1.82, 2.24) is 20.1 Å². The normalized spacial score (nSPS) is 10.7. The van der Waals surface area contributed by atoms with Crippen molar-refractivity contribution in [3.63, 3.8) is 0 Å². The van der Waals surface area contributed by atoms with Crippen molar-refractivity contribution in [2.75, 3.05) is 11.9 Å². The number of ether oxygens (including phenoxy) is 1. The first-order valence-electron chi connectivity index (χ1n) is 7.78. The maximum atomic E-state index is 12.2. The summed E-state index contributed by atoms with van der Waals surface area (Å²) in [4.78, 5) is 12.2. The molecule has 0 aliphatic heterocycles. The van der Waals surface area contributed by atoms with Crippen LogP contribution in [0.2, 0.25) is 0 Å². The number of nitrogens with zero attached hydrogens (tertiary/aromatic N) is 4. The van der Waals surface area contributed by atoms with Crippen molar-refractivity contribution in [2.24, 2.45) is 7.05 Å². The molecular weight excluding hydrogens is 322 g/mol. The Kier molecular flexibility index (Phi) is 4.51. The summed E-state index contributed by atoms with van der Waals surface area (Å²) >= 11 is 0. The van der Waals surface area contributed by atoms with E-state index in [4.69, 9.17) is 9.37 Å². The van der Waals surface area contributed by atoms with Gasteiger partial charge in [-0.1, -0.05) is 29.8 Å². The van der Waals surface area contributed by atoms with Crippen LogP contribution in [0, 0.1) is 20.8 Å². The summed E-state index contributed by atoms with van der Waals surface area (Å²) in [7, 11) is 1.82. The first kappa shape index (κ1) is 16.7. The van der Waals surface area contributed by atoms with Crippen molar-refractivity contribution < 1.29 is 14.2 Å². The minimum atomic E-state index is -0.355. The molecule has 3 aromatic rings. The number of anilines is 1. The van der Waals surface area contributed by atoms with Crippen molar-refractivity contribution in [1.29, 1.82) is 0 Å². The third-order valence-corrected chi connectivity index (χ3v) is 3.86. The fraction of sp³-hybridized carbons (Fsp3) is 0.294. The highest BCUT2D eigenvalue weighted by Crippen LogP contribution is 2.25. The molecule has 0 saturated heterocycles. The summed E-state index contributed by atoms with van der Waals surface area (Å²) in [5.41, 5.74) is 4.00. The van der Waals surface area contributed by atoms with Crippen molar-refractivity contribution >= 4 is 11.7 Å². The Labute approximate surface area is 144 Å². The topological polar surface area (TPSA) is 95.1 Å². The fourth-order valence-corrected chi connectivity index (χ4v) is 2.44. The lowest BCUT2D eigenvalue weighted by molar-refractivity contribution is -0.118. The summed E-state index contributed by atoms with van der Waals surface area (Å²) in [5, 5.41) is 14.5. The van der Waals surface area contributed by atoms with Gasteiger partial charge in [0.15, 0.2) is 18.1 Å². The molecule has 1 aromatic carbocycles. The molecule has 2 heterocycles. The Morgan fingerprint density at radius 2 is 1.92 bits per heavy atom. The molecule has 2 aromatic heterocycles. The minimum absolute atomic E-state index is 0.159. The van der Waals surface area contributed by atoms with E-state index in [9.17, 15) is 4.79 Å². The average Bonchev–Trinajstić information content (AvgIpc) is 3.12. The Hall–Kier alpha value is -3.16. The highest BCUT2D eigenvalue weighted by atomic mass is 16.6. The minimum Gasteiger partial charge on any atom is -0.480 e. The molecule has 8 heteroatoms. The van der Waals surface area contributed by atoms with E-state index >= 15 is 0 Å². The van der Waals surface area contributed by atoms with Gasteiger partial charge in [-0.3, -0.25) is 9.48 Å². The van der Waals surface area contributed by atoms with Crippen LogP contribution in [0.15, 0.2) is 28.9 Å². The summed E-state index contributed by atoms with van der Waals surface area (Å²) in [6.45, 7) is 5.54. The van der Waals surface area contributed by atoms with E-state index < -0.39 is 0 Å². The number of carbonyl (C=O) groups excluding carboxylic acids is 1. The SMILES string of the molecule is Cc1ccc(-c2nonc2NC(=O)COc2c(C)nn(C)c2C)cc1. The number of rotatable bonds is 5. The molecular formula is C17H19N5O3. The van der Waals surface area contributed by atoms with E-state index in [2.05, 4.69) is 20.7 Å². The van der Waals surface area contributed by atoms with Gasteiger partial charge in [0.1, 0.15) is 5.69 Å². The van der Waals surface area contributed by atoms with Gasteiger partial charge in [0.05, 0.1) is 5.69 Å². The predicted octanol–water partition coefficient (Wildman–Crippen LogP) is 2.41. The first-order chi connectivity index (χ1) is 12.0. The van der Waals surface area contributed by atoms with E-state index in [1.165, 1.54) is 0 Å². The van der Waals surface area contributed by atoms with Gasteiger partial charge < -0.3 is 10.1 Å². The first-order valence-corrected chi connectivity index (χ1v) is 7.78. The Bertz CT molecular complexity index is 896. The number of aromatic nitrogens is 4. The third kappa shape index (κ3) is 3.52. The second-order valence-corrected chi connectivity index (χ2v) is 5.79. The van der Waals surface area contributed by atoms with Gasteiger partial charge in [0.2, 0.25) is 5.82 Å². The van der Waals surface area contributed by atoms with Crippen LogP contribution in [-0.2, 0) is 11.8 Å². The van der Waals surface area contributed by atoms with Crippen LogP contribution >= 0.6 is 0 Å². The van der Waals surface area contributed by atoms with Crippen LogP contribution in [0.3, 0.4) is 0 Å². The second kappa shape index (κ2) is 6.76. The third-order valence-electron chi connectivity index (χ3n) is 3.86. The zero-order valence-electron chi connectivity index (χ0n) is 14.5. The quantitative estimate of drug-likeness (QED) is 0.766. The summed E-state index contributed by atoms with van der Waals surface area (Å²) < 4.78 is 12.1. The molecule has 0 atom stereocenters. The zero-order valence-corrected chi connectivity index (χ0v) is 14.5. The van der Waals surface area contributed by atoms with Crippen molar-refractivity contribution in [2.45, 2.75) is 20.8 Å². The average molecular weight is 341 g/mol. The number of aryl methyl sites for hydroxylation is 3. The van der Waals surface area contributed by atoms with Crippen LogP contribution in [0.5, 0.6) is 5.75 Å². The van der Waals surface area contributed by atoms with Crippen molar-refractivity contribution in [3.05, 3.63) is 41.2 Å². The Morgan fingerprint density at radius 1 is 1.20 bits per heavy atom. The molecule has 130 valence electrons. The van der Waals surface area contributed by atoms with E-state index in [1.807, 2.05) is 52.1 Å². The molecule has 1 N–H and O–H groups in total. The summed E-state index contributed by atoms with van der Waals surface area (Å²) in [5.74, 6) is 0.512. The molecule has 8 nitrogen and oxygen atoms in total. The number of carbonyl (C=O) groups is 1. The number of amides is 1. The van der Waals surface area contributed by atoms with Crippen LogP contribution in [-0.4, -0.2) is 32.6 Å². The maximum Gasteiger partial charge on any atom is 0.263 e. The smallest absolute Gasteiger partial charge is 0.263 e. The molecule has 0 radical (unpaired) electrons. The predicted molar refractivity (Wildman–Crippen MR) is 91.3 cm³/mol. The van der Waals surface area contributed by atoms with Gasteiger partial charge in [-0.25, -0.2) is 4.63 Å². The monoisotopic (exact) mass is 341 g/mol. The lowest BCUT2D eigenvalue weighted by Gasteiger charge is -2.07. The van der Waals surface area contributed by atoms with E-state index in [1.54, 1.807) is 4.68 Å². The van der Waals surface area contributed by atoms with Gasteiger partial charge in [-0.2, -0.15) is 5.10 Å². The molecule has 1 amide bonds. The lowest BCUT2D eigenvalue weighted by atomic mass is 10.1. The summed E-state index contributed by atoms with van der Waals surface area (Å²) in [6.07, 6.45) is 0. The molecule has 0 unspecified atom stereocenters. The second-order valence-electron chi connectivity index (χ2n) is 5.79. The molecule has 0 saturated carbocycles. The van der Waals surface area contributed by atoms with Crippen LogP contribution in [0.4, 0.5) is 5.82 Å². The van der Waals surface area contributed by atoms with Gasteiger partial charge in [0.25, 0.3) is 5.91 Å². The number of hydrogen-bond acceptors (Lipinski definition) is 6. The molecule has 25 heavy (non-hydrogen) atoms. The van der Waals surface area contributed by atoms with Crippen LogP contribution in [0.1, 0.15) is 17.0 Å². The van der Waals surface area contributed by atoms with Gasteiger partial charge >= 0.3 is 0 Å². The van der Waals surface area contributed by atoms with Gasteiger partial charge in [-0.15, -0.1) is 0 Å². The lowest BCUT2D eigenvalue weighted by Crippen LogP contribution is -2.21. The Morgan fingerprint density at radius 3 is 2.56 bits per heavy atom. The molecule has 0 fully saturated rings. The van der Waals surface area contributed by atoms with E-state index in [0.29, 0.717) is 11.4 Å². The fourth-order valence-electron chi connectivity index (χ4n) is 2.44. The molecule has 3 rings (SSSR count). The molecule has 0 aliphatic carbocycles. The summed E-state index contributed by atoms with van der Waals surface area (Å²) in [6, 6.07) is 7.69. The molecule has 0 aliphatic rings. The number of benzene rings is 1. The standard InChI is InChI=1S/C17H19N5O3/c1-10-5-7-13(8-6-10)15-17(21-25-20-15)18-14(23)9-24-16-11(2)19-22(4)12(16)3/h5-8H,9H2,1-4H3,(H,18,21,23). The Balaban J connectivity index is 1.68. The highest BCUT2D eigenvalue weighted by molar-refractivity contribution is 5.94. The van der Waals surface area contributed by atoms with Crippen molar-refractivity contribution in [3.8, 4) is 17.0 Å². The molecule has 0 spiro atoms.